The van der Waals surface area contributed by atoms with Crippen molar-refractivity contribution in [3.05, 3.63) is 58.7 Å². The van der Waals surface area contributed by atoms with Gasteiger partial charge >= 0.3 is 0 Å². The maximum Gasteiger partial charge on any atom is 0.243 e. The van der Waals surface area contributed by atoms with Crippen molar-refractivity contribution in [2.45, 2.75) is 50.8 Å². The van der Waals surface area contributed by atoms with Crippen LogP contribution in [0.1, 0.15) is 41.5 Å². The van der Waals surface area contributed by atoms with Crippen molar-refractivity contribution < 1.29 is 18.0 Å². The number of benzene rings is 2. The molecule has 2 amide bonds. The Morgan fingerprint density at radius 2 is 1.64 bits per heavy atom. The zero-order valence-corrected chi connectivity index (χ0v) is 20.1. The summed E-state index contributed by atoms with van der Waals surface area (Å²) in [7, 11) is -3.60. The largest absolute Gasteiger partial charge is 0.340 e. The molecule has 33 heavy (non-hydrogen) atoms. The summed E-state index contributed by atoms with van der Waals surface area (Å²) in [6.45, 7) is 4.83. The van der Waals surface area contributed by atoms with Gasteiger partial charge in [-0.1, -0.05) is 18.2 Å². The molecule has 0 atom stereocenters. The van der Waals surface area contributed by atoms with Crippen molar-refractivity contribution in [2.75, 3.05) is 31.5 Å². The van der Waals surface area contributed by atoms with Crippen LogP contribution in [0.15, 0.2) is 41.3 Å². The molecule has 2 aromatic carbocycles. The van der Waals surface area contributed by atoms with Crippen LogP contribution in [0, 0.1) is 13.8 Å². The lowest BCUT2D eigenvalue weighted by Crippen LogP contribution is -2.50. The number of amides is 2. The quantitative estimate of drug-likeness (QED) is 0.705. The fraction of sp³-hybridized carbons (Fsp3) is 0.440. The van der Waals surface area contributed by atoms with Crippen molar-refractivity contribution in [3.8, 4) is 0 Å². The second-order valence-electron chi connectivity index (χ2n) is 8.94. The lowest BCUT2D eigenvalue weighted by Gasteiger charge is -2.34. The summed E-state index contributed by atoms with van der Waals surface area (Å²) >= 11 is 0. The Hall–Kier alpha value is -2.71. The minimum atomic E-state index is -3.60. The molecule has 8 heteroatoms. The summed E-state index contributed by atoms with van der Waals surface area (Å²) in [5, 5.41) is 2.89. The molecule has 176 valence electrons. The Labute approximate surface area is 195 Å². The number of piperazine rings is 1. The molecule has 0 spiro atoms. The summed E-state index contributed by atoms with van der Waals surface area (Å²) in [6, 6.07) is 11.4. The van der Waals surface area contributed by atoms with Crippen LogP contribution in [0.25, 0.3) is 0 Å². The molecule has 1 saturated heterocycles. The highest BCUT2D eigenvalue weighted by molar-refractivity contribution is 7.89. The van der Waals surface area contributed by atoms with Crippen molar-refractivity contribution in [2.24, 2.45) is 0 Å². The van der Waals surface area contributed by atoms with Gasteiger partial charge in [0.15, 0.2) is 0 Å². The van der Waals surface area contributed by atoms with Gasteiger partial charge in [-0.25, -0.2) is 8.42 Å². The van der Waals surface area contributed by atoms with Gasteiger partial charge in [0, 0.05) is 44.7 Å². The lowest BCUT2D eigenvalue weighted by atomic mass is 10.1. The molecule has 0 radical (unpaired) electrons. The number of rotatable bonds is 6. The molecule has 1 fully saturated rings. The van der Waals surface area contributed by atoms with E-state index in [4.69, 9.17) is 0 Å². The minimum Gasteiger partial charge on any atom is -0.340 e. The zero-order chi connectivity index (χ0) is 23.6. The summed E-state index contributed by atoms with van der Waals surface area (Å²) in [5.74, 6) is -0.305. The first-order chi connectivity index (χ1) is 15.7. The summed E-state index contributed by atoms with van der Waals surface area (Å²) in [5.41, 5.74) is 5.03. The Morgan fingerprint density at radius 1 is 0.909 bits per heavy atom. The molecular formula is C25H31N3O4S. The molecule has 0 bridgehead atoms. The van der Waals surface area contributed by atoms with Gasteiger partial charge in [-0.3, -0.25) is 9.59 Å². The molecule has 2 aromatic rings. The molecule has 0 aromatic heterocycles. The number of fused-ring (bicyclic) bond motifs is 1. The zero-order valence-electron chi connectivity index (χ0n) is 19.3. The fourth-order valence-corrected chi connectivity index (χ4v) is 6.29. The highest BCUT2D eigenvalue weighted by atomic mass is 32.2. The average Bonchev–Trinajstić information content (AvgIpc) is 3.27. The number of aryl methyl sites for hydroxylation is 4. The van der Waals surface area contributed by atoms with Crippen LogP contribution in [0.5, 0.6) is 0 Å². The van der Waals surface area contributed by atoms with E-state index in [2.05, 4.69) is 11.4 Å². The number of anilines is 1. The maximum absolute atomic E-state index is 13.1. The first-order valence-electron chi connectivity index (χ1n) is 11.5. The summed E-state index contributed by atoms with van der Waals surface area (Å²) in [4.78, 5) is 26.9. The van der Waals surface area contributed by atoms with Crippen LogP contribution in [-0.2, 0) is 32.5 Å². The number of nitrogens with one attached hydrogen (secondary N) is 1. The second-order valence-corrected chi connectivity index (χ2v) is 10.8. The highest BCUT2D eigenvalue weighted by Gasteiger charge is 2.31. The normalized spacial score (nSPS) is 16.5. The van der Waals surface area contributed by atoms with Crippen LogP contribution in [0.4, 0.5) is 5.69 Å². The number of hydrogen-bond donors (Lipinski definition) is 1. The van der Waals surface area contributed by atoms with Gasteiger partial charge in [-0.2, -0.15) is 4.31 Å². The molecule has 4 rings (SSSR count). The molecule has 1 aliphatic heterocycles. The predicted molar refractivity (Wildman–Crippen MR) is 128 cm³/mol. The highest BCUT2D eigenvalue weighted by Crippen LogP contribution is 2.25. The van der Waals surface area contributed by atoms with E-state index in [1.54, 1.807) is 17.9 Å². The number of hydrogen-bond acceptors (Lipinski definition) is 4. The number of sulfonamides is 1. The van der Waals surface area contributed by atoms with E-state index in [9.17, 15) is 18.0 Å². The van der Waals surface area contributed by atoms with Gasteiger partial charge in [0.2, 0.25) is 21.8 Å². The molecule has 0 saturated carbocycles. The SMILES string of the molecule is Cc1ccc(C)c(S(=O)(=O)N2CCN(C(=O)CCC(=O)Nc3ccc4c(c3)CCC4)CC2)c1. The van der Waals surface area contributed by atoms with Crippen molar-refractivity contribution in [1.82, 2.24) is 9.21 Å². The van der Waals surface area contributed by atoms with Crippen LogP contribution in [0.3, 0.4) is 0 Å². The van der Waals surface area contributed by atoms with Crippen LogP contribution >= 0.6 is 0 Å². The van der Waals surface area contributed by atoms with E-state index in [-0.39, 0.29) is 37.7 Å². The predicted octanol–water partition coefficient (Wildman–Crippen LogP) is 3.04. The monoisotopic (exact) mass is 469 g/mol. The Kier molecular flexibility index (Phi) is 6.86. The van der Waals surface area contributed by atoms with E-state index in [1.807, 2.05) is 31.2 Å². The molecule has 1 heterocycles. The van der Waals surface area contributed by atoms with Crippen molar-refractivity contribution >= 4 is 27.5 Å². The molecule has 0 unspecified atom stereocenters. The topological polar surface area (TPSA) is 86.8 Å². The van der Waals surface area contributed by atoms with Crippen LogP contribution < -0.4 is 5.32 Å². The third kappa shape index (κ3) is 5.28. The molecule has 7 nitrogen and oxygen atoms in total. The summed E-state index contributed by atoms with van der Waals surface area (Å²) in [6.07, 6.45) is 3.51. The molecule has 1 aliphatic carbocycles. The Balaban J connectivity index is 1.27. The summed E-state index contributed by atoms with van der Waals surface area (Å²) < 4.78 is 27.6. The minimum absolute atomic E-state index is 0.108. The van der Waals surface area contributed by atoms with Crippen LogP contribution in [0.2, 0.25) is 0 Å². The second kappa shape index (κ2) is 9.65. The third-order valence-electron chi connectivity index (χ3n) is 6.50. The van der Waals surface area contributed by atoms with E-state index < -0.39 is 10.0 Å². The number of nitrogens with zero attached hydrogens (tertiary/aromatic N) is 2. The smallest absolute Gasteiger partial charge is 0.243 e. The van der Waals surface area contributed by atoms with Crippen LogP contribution in [-0.4, -0.2) is 55.6 Å². The fourth-order valence-electron chi connectivity index (χ4n) is 4.55. The third-order valence-corrected chi connectivity index (χ3v) is 8.54. The van der Waals surface area contributed by atoms with Gasteiger partial charge in [0.25, 0.3) is 0 Å². The van der Waals surface area contributed by atoms with Gasteiger partial charge in [0.05, 0.1) is 4.90 Å². The van der Waals surface area contributed by atoms with Gasteiger partial charge in [-0.15, -0.1) is 0 Å². The van der Waals surface area contributed by atoms with E-state index in [0.717, 1.165) is 30.5 Å². The van der Waals surface area contributed by atoms with E-state index >= 15 is 0 Å². The average molecular weight is 470 g/mol. The number of carbonyl (C=O) groups excluding carboxylic acids is 2. The maximum atomic E-state index is 13.1. The first-order valence-corrected chi connectivity index (χ1v) is 12.9. The first kappa shape index (κ1) is 23.4. The van der Waals surface area contributed by atoms with E-state index in [0.29, 0.717) is 23.5 Å². The van der Waals surface area contributed by atoms with Gasteiger partial charge in [0.1, 0.15) is 0 Å². The van der Waals surface area contributed by atoms with E-state index in [1.165, 1.54) is 15.4 Å². The van der Waals surface area contributed by atoms with Gasteiger partial charge in [-0.05, 0) is 73.6 Å². The Morgan fingerprint density at radius 3 is 2.39 bits per heavy atom. The van der Waals surface area contributed by atoms with Gasteiger partial charge < -0.3 is 10.2 Å². The molecular weight excluding hydrogens is 438 g/mol. The van der Waals surface area contributed by atoms with Crippen molar-refractivity contribution in [3.63, 3.8) is 0 Å². The van der Waals surface area contributed by atoms with Crippen molar-refractivity contribution in [1.29, 1.82) is 0 Å². The lowest BCUT2D eigenvalue weighted by molar-refractivity contribution is -0.133. The Bertz CT molecular complexity index is 1170. The molecule has 1 N–H and O–H groups in total. The standard InChI is InChI=1S/C25H31N3O4S/c1-18-6-7-19(2)23(16-18)33(31,32)28-14-12-27(13-15-28)25(30)11-10-24(29)26-22-9-8-20-4-3-5-21(20)17-22/h6-9,16-17H,3-5,10-15H2,1-2H3,(H,26,29). The molecule has 2 aliphatic rings. The number of carbonyl (C=O) groups is 2.